The molecule has 0 aromatic heterocycles. The smallest absolute Gasteiger partial charge is 0.332 e. The molecule has 0 bridgehead atoms. The molecule has 0 aliphatic heterocycles. The highest BCUT2D eigenvalue weighted by Gasteiger charge is 2.27. The number of carbonyl (C=O) groups is 2. The van der Waals surface area contributed by atoms with Crippen molar-refractivity contribution in [3.63, 3.8) is 0 Å². The summed E-state index contributed by atoms with van der Waals surface area (Å²) in [5, 5.41) is 3.09. The third kappa shape index (κ3) is 7.52. The fourth-order valence-electron chi connectivity index (χ4n) is 1.41. The van der Waals surface area contributed by atoms with Crippen molar-refractivity contribution in [1.82, 2.24) is 5.32 Å². The van der Waals surface area contributed by atoms with Gasteiger partial charge in [-0.05, 0) is 32.2 Å². The second-order valence-corrected chi connectivity index (χ2v) is 4.99. The molecule has 1 N–H and O–H groups in total. The van der Waals surface area contributed by atoms with E-state index in [-0.39, 0.29) is 0 Å². The molecule has 0 radical (unpaired) electrons. The topological polar surface area (TPSA) is 64.6 Å². The van der Waals surface area contributed by atoms with Gasteiger partial charge in [0.2, 0.25) is 5.72 Å². The van der Waals surface area contributed by atoms with Crippen LogP contribution in [-0.2, 0) is 19.1 Å². The number of unbranched alkanes of at least 4 members (excludes halogenated alkanes) is 1. The Labute approximate surface area is 127 Å². The highest BCUT2D eigenvalue weighted by Crippen LogP contribution is 2.14. The van der Waals surface area contributed by atoms with Crippen molar-refractivity contribution in [3.8, 4) is 11.8 Å². The van der Waals surface area contributed by atoms with E-state index < -0.39 is 17.3 Å². The molecule has 5 heteroatoms. The minimum absolute atomic E-state index is 0.371. The number of esters is 1. The van der Waals surface area contributed by atoms with Gasteiger partial charge in [0.15, 0.2) is 5.60 Å². The quantitative estimate of drug-likeness (QED) is 0.176. The minimum atomic E-state index is -1.15. The van der Waals surface area contributed by atoms with Crippen LogP contribution in [0.1, 0.15) is 47.0 Å². The Morgan fingerprint density at radius 2 is 2.00 bits per heavy atom. The normalized spacial score (nSPS) is 15.6. The standard InChI is InChI=1S/C16H25NO4/c1-6-9-12-17-16(5,21-14(19)7-2)11-10-15(4,8-3)20-13-18/h7,13,17H,2,6,8-9,12H2,1,3-5H3. The van der Waals surface area contributed by atoms with Crippen LogP contribution in [-0.4, -0.2) is 30.3 Å². The molecule has 2 atom stereocenters. The van der Waals surface area contributed by atoms with Crippen molar-refractivity contribution in [3.05, 3.63) is 12.7 Å². The largest absolute Gasteiger partial charge is 0.448 e. The lowest BCUT2D eigenvalue weighted by Gasteiger charge is -2.26. The summed E-state index contributed by atoms with van der Waals surface area (Å²) in [6.07, 6.45) is 3.55. The molecule has 118 valence electrons. The van der Waals surface area contributed by atoms with E-state index in [0.29, 0.717) is 19.4 Å². The molecule has 2 unspecified atom stereocenters. The molecule has 0 aromatic rings. The number of rotatable bonds is 9. The fraction of sp³-hybridized carbons (Fsp3) is 0.625. The lowest BCUT2D eigenvalue weighted by Crippen LogP contribution is -2.46. The number of nitrogens with one attached hydrogen (secondary N) is 1. The molecular weight excluding hydrogens is 270 g/mol. The van der Waals surface area contributed by atoms with Gasteiger partial charge >= 0.3 is 5.97 Å². The maximum Gasteiger partial charge on any atom is 0.332 e. The van der Waals surface area contributed by atoms with Crippen LogP contribution < -0.4 is 5.32 Å². The molecule has 0 spiro atoms. The Kier molecular flexibility index (Phi) is 8.41. The number of hydrogen-bond acceptors (Lipinski definition) is 5. The van der Waals surface area contributed by atoms with Crippen LogP contribution in [0.15, 0.2) is 12.7 Å². The molecule has 0 amide bonds. The summed E-state index contributed by atoms with van der Waals surface area (Å²) < 4.78 is 10.3. The first-order chi connectivity index (χ1) is 9.84. The van der Waals surface area contributed by atoms with Gasteiger partial charge in [0.1, 0.15) is 0 Å². The van der Waals surface area contributed by atoms with E-state index in [1.165, 1.54) is 0 Å². The van der Waals surface area contributed by atoms with Gasteiger partial charge in [-0.1, -0.05) is 32.8 Å². The lowest BCUT2D eigenvalue weighted by molar-refractivity contribution is -0.149. The van der Waals surface area contributed by atoms with Gasteiger partial charge in [0, 0.05) is 13.0 Å². The third-order valence-electron chi connectivity index (χ3n) is 3.01. The summed E-state index contributed by atoms with van der Waals surface area (Å²) in [5.74, 6) is 5.16. The first kappa shape index (κ1) is 19.2. The van der Waals surface area contributed by atoms with E-state index in [9.17, 15) is 9.59 Å². The summed E-state index contributed by atoms with van der Waals surface area (Å²) in [6.45, 7) is 11.7. The minimum Gasteiger partial charge on any atom is -0.448 e. The number of ether oxygens (including phenoxy) is 2. The van der Waals surface area contributed by atoms with Crippen LogP contribution in [0.2, 0.25) is 0 Å². The Balaban J connectivity index is 5.16. The second-order valence-electron chi connectivity index (χ2n) is 4.99. The summed E-state index contributed by atoms with van der Waals surface area (Å²) >= 11 is 0. The monoisotopic (exact) mass is 295 g/mol. The van der Waals surface area contributed by atoms with Gasteiger partial charge in [-0.25, -0.2) is 4.79 Å². The van der Waals surface area contributed by atoms with Crippen molar-refractivity contribution in [1.29, 1.82) is 0 Å². The Hall–Kier alpha value is -1.80. The molecular formula is C16H25NO4. The molecule has 0 fully saturated rings. The van der Waals surface area contributed by atoms with E-state index >= 15 is 0 Å². The van der Waals surface area contributed by atoms with E-state index in [2.05, 4.69) is 30.7 Å². The van der Waals surface area contributed by atoms with Crippen LogP contribution in [0.3, 0.4) is 0 Å². The molecule has 0 aliphatic carbocycles. The van der Waals surface area contributed by atoms with Crippen molar-refractivity contribution in [2.24, 2.45) is 0 Å². The summed E-state index contributed by atoms with van der Waals surface area (Å²) in [6, 6.07) is 0. The van der Waals surface area contributed by atoms with Gasteiger partial charge in [0.25, 0.3) is 6.47 Å². The fourth-order valence-corrected chi connectivity index (χ4v) is 1.41. The highest BCUT2D eigenvalue weighted by atomic mass is 16.6. The third-order valence-corrected chi connectivity index (χ3v) is 3.01. The van der Waals surface area contributed by atoms with Crippen molar-refractivity contribution in [2.75, 3.05) is 6.54 Å². The summed E-state index contributed by atoms with van der Waals surface area (Å²) in [4.78, 5) is 22.0. The van der Waals surface area contributed by atoms with Gasteiger partial charge in [-0.3, -0.25) is 10.1 Å². The summed E-state index contributed by atoms with van der Waals surface area (Å²) in [5.41, 5.74) is -2.06. The van der Waals surface area contributed by atoms with Crippen molar-refractivity contribution in [2.45, 2.75) is 58.3 Å². The average Bonchev–Trinajstić information content (AvgIpc) is 2.46. The predicted octanol–water partition coefficient (Wildman–Crippen LogP) is 2.17. The van der Waals surface area contributed by atoms with E-state index in [1.807, 2.05) is 6.92 Å². The molecule has 0 rings (SSSR count). The first-order valence-electron chi connectivity index (χ1n) is 7.11. The maximum absolute atomic E-state index is 11.4. The Morgan fingerprint density at radius 1 is 1.33 bits per heavy atom. The number of carbonyl (C=O) groups excluding carboxylic acids is 2. The van der Waals surface area contributed by atoms with E-state index in [4.69, 9.17) is 9.47 Å². The molecule has 0 saturated carbocycles. The average molecular weight is 295 g/mol. The molecule has 0 aromatic carbocycles. The van der Waals surface area contributed by atoms with Crippen LogP contribution in [0, 0.1) is 11.8 Å². The Morgan fingerprint density at radius 3 is 2.48 bits per heavy atom. The van der Waals surface area contributed by atoms with E-state index in [0.717, 1.165) is 18.9 Å². The molecule has 0 saturated heterocycles. The highest BCUT2D eigenvalue weighted by molar-refractivity contribution is 5.81. The van der Waals surface area contributed by atoms with Gasteiger partial charge in [-0.15, -0.1) is 0 Å². The molecule has 21 heavy (non-hydrogen) atoms. The van der Waals surface area contributed by atoms with Crippen LogP contribution >= 0.6 is 0 Å². The molecule has 5 nitrogen and oxygen atoms in total. The van der Waals surface area contributed by atoms with Gasteiger partial charge in [-0.2, -0.15) is 0 Å². The maximum atomic E-state index is 11.4. The van der Waals surface area contributed by atoms with Gasteiger partial charge < -0.3 is 9.47 Å². The van der Waals surface area contributed by atoms with E-state index in [1.54, 1.807) is 13.8 Å². The summed E-state index contributed by atoms with van der Waals surface area (Å²) in [7, 11) is 0. The second kappa shape index (κ2) is 9.19. The SMILES string of the molecule is C=CC(=O)OC(C)(C#CC(C)(CC)OC=O)NCCCC. The van der Waals surface area contributed by atoms with Crippen LogP contribution in [0.25, 0.3) is 0 Å². The zero-order valence-corrected chi connectivity index (χ0v) is 13.3. The van der Waals surface area contributed by atoms with Crippen LogP contribution in [0.4, 0.5) is 0 Å². The van der Waals surface area contributed by atoms with Crippen molar-refractivity contribution >= 4 is 12.4 Å². The van der Waals surface area contributed by atoms with Crippen LogP contribution in [0.5, 0.6) is 0 Å². The predicted molar refractivity (Wildman–Crippen MR) is 81.2 cm³/mol. The Bertz CT molecular complexity index is 424. The van der Waals surface area contributed by atoms with Crippen molar-refractivity contribution < 1.29 is 19.1 Å². The molecule has 0 heterocycles. The lowest BCUT2D eigenvalue weighted by atomic mass is 10.0. The molecule has 0 aliphatic rings. The number of hydrogen-bond donors (Lipinski definition) is 1. The first-order valence-corrected chi connectivity index (χ1v) is 7.11. The van der Waals surface area contributed by atoms with Gasteiger partial charge in [0.05, 0.1) is 0 Å². The zero-order valence-electron chi connectivity index (χ0n) is 13.3. The zero-order chi connectivity index (χ0) is 16.4.